The topological polar surface area (TPSA) is 59.9 Å². The molecule has 2 rings (SSSR count). The molecule has 2 aromatic carbocycles. The van der Waals surface area contributed by atoms with E-state index in [0.29, 0.717) is 10.6 Å². The number of nitrogens with zero attached hydrogens (tertiary/aromatic N) is 1. The molecule has 0 aliphatic rings. The van der Waals surface area contributed by atoms with Gasteiger partial charge in [0.15, 0.2) is 11.5 Å². The van der Waals surface area contributed by atoms with E-state index >= 15 is 0 Å². The third kappa shape index (κ3) is 6.53. The van der Waals surface area contributed by atoms with Crippen molar-refractivity contribution >= 4 is 35.5 Å². The Hall–Kier alpha value is -2.32. The molecule has 1 amide bonds. The van der Waals surface area contributed by atoms with Gasteiger partial charge in [0.05, 0.1) is 19.1 Å². The zero-order chi connectivity index (χ0) is 18.9. The molecule has 0 saturated heterocycles. The molecule has 0 spiro atoms. The van der Waals surface area contributed by atoms with Gasteiger partial charge in [-0.1, -0.05) is 11.6 Å². The van der Waals surface area contributed by atoms with Gasteiger partial charge in [0.2, 0.25) is 5.91 Å². The molecule has 1 N–H and O–H groups in total. The van der Waals surface area contributed by atoms with E-state index in [-0.39, 0.29) is 23.2 Å². The number of alkyl halides is 2. The zero-order valence-electron chi connectivity index (χ0n) is 13.6. The van der Waals surface area contributed by atoms with Crippen LogP contribution in [0.5, 0.6) is 11.5 Å². The predicted molar refractivity (Wildman–Crippen MR) is 97.5 cm³/mol. The van der Waals surface area contributed by atoms with Gasteiger partial charge in [-0.3, -0.25) is 4.79 Å². The largest absolute Gasteiger partial charge is 0.493 e. The number of ether oxygens (including phenoxy) is 2. The highest BCUT2D eigenvalue weighted by Gasteiger charge is 2.10. The molecule has 0 radical (unpaired) electrons. The maximum absolute atomic E-state index is 12.4. The molecule has 138 valence electrons. The normalized spacial score (nSPS) is 11.0. The molecule has 0 atom stereocenters. The molecule has 0 aliphatic heterocycles. The van der Waals surface area contributed by atoms with Crippen molar-refractivity contribution < 1.29 is 23.0 Å². The lowest BCUT2D eigenvalue weighted by atomic mass is 10.2. The second-order valence-electron chi connectivity index (χ2n) is 4.82. The number of halogens is 3. The number of amides is 1. The second-order valence-corrected chi connectivity index (χ2v) is 6.31. The van der Waals surface area contributed by atoms with E-state index in [4.69, 9.17) is 16.3 Å². The summed E-state index contributed by atoms with van der Waals surface area (Å²) in [6.07, 6.45) is 1.32. The molecule has 0 unspecified atom stereocenters. The number of methoxy groups -OCH3 is 1. The van der Waals surface area contributed by atoms with Crippen molar-refractivity contribution in [2.75, 3.05) is 12.9 Å². The Morgan fingerprint density at radius 2 is 2.00 bits per heavy atom. The van der Waals surface area contributed by atoms with Gasteiger partial charge >= 0.3 is 6.61 Å². The Balaban J connectivity index is 1.88. The first-order chi connectivity index (χ1) is 12.5. The minimum absolute atomic E-state index is 0.115. The van der Waals surface area contributed by atoms with Gasteiger partial charge < -0.3 is 9.47 Å². The van der Waals surface area contributed by atoms with Crippen LogP contribution in [0.4, 0.5) is 8.78 Å². The Morgan fingerprint density at radius 3 is 2.65 bits per heavy atom. The summed E-state index contributed by atoms with van der Waals surface area (Å²) in [5.41, 5.74) is 2.83. The first-order valence-electron chi connectivity index (χ1n) is 7.31. The Morgan fingerprint density at radius 1 is 1.27 bits per heavy atom. The molecule has 26 heavy (non-hydrogen) atoms. The summed E-state index contributed by atoms with van der Waals surface area (Å²) >= 11 is 7.13. The maximum Gasteiger partial charge on any atom is 0.387 e. The summed E-state index contributed by atoms with van der Waals surface area (Å²) in [6.45, 7) is -2.97. The third-order valence-electron chi connectivity index (χ3n) is 2.99. The summed E-state index contributed by atoms with van der Waals surface area (Å²) in [5.74, 6) is -0.0814. The number of hydrazone groups is 1. The summed E-state index contributed by atoms with van der Waals surface area (Å²) in [6, 6.07) is 11.5. The predicted octanol–water partition coefficient (Wildman–Crippen LogP) is 4.19. The average molecular weight is 401 g/mol. The van der Waals surface area contributed by atoms with E-state index < -0.39 is 6.61 Å². The second kappa shape index (κ2) is 9.98. The van der Waals surface area contributed by atoms with Crippen LogP contribution in [-0.2, 0) is 4.79 Å². The van der Waals surface area contributed by atoms with E-state index in [1.165, 1.54) is 37.2 Å². The lowest BCUT2D eigenvalue weighted by molar-refractivity contribution is -0.118. The van der Waals surface area contributed by atoms with E-state index in [2.05, 4.69) is 15.3 Å². The molecule has 0 bridgehead atoms. The van der Waals surface area contributed by atoms with Crippen LogP contribution in [-0.4, -0.2) is 31.6 Å². The van der Waals surface area contributed by atoms with Gasteiger partial charge in [-0.25, -0.2) is 5.43 Å². The Kier molecular flexibility index (Phi) is 7.68. The fraction of sp³-hybridized carbons (Fsp3) is 0.176. The Bertz CT molecular complexity index is 773. The molecule has 9 heteroatoms. The smallest absolute Gasteiger partial charge is 0.387 e. The van der Waals surface area contributed by atoms with E-state index in [0.717, 1.165) is 4.90 Å². The van der Waals surface area contributed by atoms with Crippen LogP contribution >= 0.6 is 23.4 Å². The fourth-order valence-corrected chi connectivity index (χ4v) is 2.67. The molecule has 0 fully saturated rings. The molecular formula is C17H15ClF2N2O3S. The number of thioether (sulfide) groups is 1. The maximum atomic E-state index is 12.4. The minimum atomic E-state index is -2.97. The molecule has 0 heterocycles. The molecule has 2 aromatic rings. The van der Waals surface area contributed by atoms with Crippen molar-refractivity contribution in [1.29, 1.82) is 0 Å². The van der Waals surface area contributed by atoms with Gasteiger partial charge in [0, 0.05) is 9.92 Å². The molecule has 0 saturated carbocycles. The first-order valence-corrected chi connectivity index (χ1v) is 8.67. The van der Waals surface area contributed by atoms with Crippen LogP contribution < -0.4 is 14.9 Å². The highest BCUT2D eigenvalue weighted by atomic mass is 35.5. The van der Waals surface area contributed by atoms with Crippen molar-refractivity contribution in [3.05, 3.63) is 53.1 Å². The van der Waals surface area contributed by atoms with E-state index in [1.807, 2.05) is 12.1 Å². The third-order valence-corrected chi connectivity index (χ3v) is 4.25. The Labute approximate surface area is 158 Å². The number of carbonyl (C=O) groups excluding carboxylic acids is 1. The monoisotopic (exact) mass is 400 g/mol. The van der Waals surface area contributed by atoms with Gasteiger partial charge in [-0.15, -0.1) is 11.8 Å². The number of benzene rings is 2. The van der Waals surface area contributed by atoms with Crippen LogP contribution in [0.2, 0.25) is 5.02 Å². The summed E-state index contributed by atoms with van der Waals surface area (Å²) < 4.78 is 34.1. The highest BCUT2D eigenvalue weighted by molar-refractivity contribution is 8.00. The summed E-state index contributed by atoms with van der Waals surface area (Å²) in [4.78, 5) is 12.7. The van der Waals surface area contributed by atoms with Crippen molar-refractivity contribution in [2.24, 2.45) is 5.10 Å². The molecule has 0 aliphatic carbocycles. The first kappa shape index (κ1) is 20.0. The average Bonchev–Trinajstić information content (AvgIpc) is 2.61. The van der Waals surface area contributed by atoms with Crippen LogP contribution in [0.1, 0.15) is 5.56 Å². The van der Waals surface area contributed by atoms with Crippen LogP contribution in [0.25, 0.3) is 0 Å². The van der Waals surface area contributed by atoms with E-state index in [1.54, 1.807) is 18.2 Å². The molecule has 0 aromatic heterocycles. The standard InChI is InChI=1S/C17H15ClF2N2O3S/c1-24-14-7-2-11(8-15(14)25-17(19)20)9-21-22-16(23)10-26-13-5-3-12(18)4-6-13/h2-9,17H,10H2,1H3,(H,22,23)/b21-9-. The van der Waals surface area contributed by atoms with Crippen molar-refractivity contribution in [3.63, 3.8) is 0 Å². The van der Waals surface area contributed by atoms with Crippen LogP contribution in [0.15, 0.2) is 52.5 Å². The number of hydrogen-bond acceptors (Lipinski definition) is 5. The van der Waals surface area contributed by atoms with Crippen LogP contribution in [0.3, 0.4) is 0 Å². The quantitative estimate of drug-likeness (QED) is 0.410. The summed E-state index contributed by atoms with van der Waals surface area (Å²) in [5, 5.41) is 4.42. The number of carbonyl (C=O) groups is 1. The van der Waals surface area contributed by atoms with Gasteiger partial charge in [-0.2, -0.15) is 13.9 Å². The highest BCUT2D eigenvalue weighted by Crippen LogP contribution is 2.29. The number of rotatable bonds is 8. The number of nitrogens with one attached hydrogen (secondary N) is 1. The van der Waals surface area contributed by atoms with Gasteiger partial charge in [-0.05, 0) is 48.0 Å². The van der Waals surface area contributed by atoms with Crippen molar-refractivity contribution in [2.45, 2.75) is 11.5 Å². The molecular weight excluding hydrogens is 386 g/mol. The number of hydrogen-bond donors (Lipinski definition) is 1. The van der Waals surface area contributed by atoms with Gasteiger partial charge in [0.25, 0.3) is 0 Å². The zero-order valence-corrected chi connectivity index (χ0v) is 15.2. The lowest BCUT2D eigenvalue weighted by Gasteiger charge is -2.10. The van der Waals surface area contributed by atoms with E-state index in [9.17, 15) is 13.6 Å². The summed E-state index contributed by atoms with van der Waals surface area (Å²) in [7, 11) is 1.35. The van der Waals surface area contributed by atoms with Crippen molar-refractivity contribution in [1.82, 2.24) is 5.43 Å². The lowest BCUT2D eigenvalue weighted by Crippen LogP contribution is -2.19. The SMILES string of the molecule is COc1ccc(/C=N\NC(=O)CSc2ccc(Cl)cc2)cc1OC(F)F. The fourth-order valence-electron chi connectivity index (χ4n) is 1.85. The minimum Gasteiger partial charge on any atom is -0.493 e. The van der Waals surface area contributed by atoms with Gasteiger partial charge in [0.1, 0.15) is 0 Å². The van der Waals surface area contributed by atoms with Crippen molar-refractivity contribution in [3.8, 4) is 11.5 Å². The molecule has 5 nitrogen and oxygen atoms in total. The van der Waals surface area contributed by atoms with Crippen LogP contribution in [0, 0.1) is 0 Å².